The van der Waals surface area contributed by atoms with Crippen LogP contribution in [0, 0.1) is 0 Å². The molecule has 2 heterocycles. The van der Waals surface area contributed by atoms with E-state index < -0.39 is 0 Å². The third-order valence-corrected chi connectivity index (χ3v) is 2.67. The van der Waals surface area contributed by atoms with Gasteiger partial charge in [-0.3, -0.25) is 0 Å². The molecule has 0 spiro atoms. The minimum Gasteiger partial charge on any atom is -0.485 e. The molecular formula is C12H13N3O3. The lowest BCUT2D eigenvalue weighted by Crippen LogP contribution is -2.38. The Morgan fingerprint density at radius 1 is 1.33 bits per heavy atom. The Morgan fingerprint density at radius 2 is 2.17 bits per heavy atom. The molecule has 0 amide bonds. The minimum absolute atomic E-state index is 0.104. The van der Waals surface area contributed by atoms with Gasteiger partial charge in [0.05, 0.1) is 25.3 Å². The molecular weight excluding hydrogens is 234 g/mol. The Hall–Kier alpha value is -1.92. The first-order chi connectivity index (χ1) is 8.86. The summed E-state index contributed by atoms with van der Waals surface area (Å²) in [6.07, 6.45) is 0.104. The zero-order valence-corrected chi connectivity index (χ0v) is 9.70. The van der Waals surface area contributed by atoms with Gasteiger partial charge < -0.3 is 19.7 Å². The molecule has 1 fully saturated rings. The van der Waals surface area contributed by atoms with Crippen molar-refractivity contribution in [2.45, 2.75) is 12.6 Å². The van der Waals surface area contributed by atoms with Crippen molar-refractivity contribution in [2.75, 3.05) is 13.2 Å². The number of ether oxygens (including phenoxy) is 2. The van der Waals surface area contributed by atoms with E-state index in [2.05, 4.69) is 10.1 Å². The molecule has 1 aromatic heterocycles. The molecule has 1 aliphatic heterocycles. The van der Waals surface area contributed by atoms with Crippen LogP contribution in [0.15, 0.2) is 28.8 Å². The normalized spacial score (nSPS) is 15.4. The molecule has 0 saturated carbocycles. The van der Waals surface area contributed by atoms with E-state index in [0.717, 1.165) is 11.3 Å². The molecule has 0 unspecified atom stereocenters. The van der Waals surface area contributed by atoms with Gasteiger partial charge in [-0.2, -0.15) is 4.98 Å². The molecule has 3 rings (SSSR count). The van der Waals surface area contributed by atoms with Gasteiger partial charge in [0.1, 0.15) is 11.9 Å². The van der Waals surface area contributed by atoms with Gasteiger partial charge in [0.2, 0.25) is 11.7 Å². The van der Waals surface area contributed by atoms with E-state index in [1.165, 1.54) is 0 Å². The second kappa shape index (κ2) is 4.75. The van der Waals surface area contributed by atoms with Gasteiger partial charge in [0.15, 0.2) is 0 Å². The Balaban J connectivity index is 1.89. The number of nitrogens with zero attached hydrogens (tertiary/aromatic N) is 2. The highest BCUT2D eigenvalue weighted by Gasteiger charge is 2.22. The van der Waals surface area contributed by atoms with Gasteiger partial charge in [-0.05, 0) is 12.1 Å². The van der Waals surface area contributed by atoms with Crippen LogP contribution in [0.4, 0.5) is 0 Å². The van der Waals surface area contributed by atoms with Crippen LogP contribution in [0.5, 0.6) is 5.75 Å². The topological polar surface area (TPSA) is 83.4 Å². The summed E-state index contributed by atoms with van der Waals surface area (Å²) in [6.45, 7) is 1.47. The summed E-state index contributed by atoms with van der Waals surface area (Å²) in [7, 11) is 0. The fraction of sp³-hybridized carbons (Fsp3) is 0.333. The number of nitrogens with two attached hydrogens (primary N) is 1. The largest absolute Gasteiger partial charge is 0.485 e. The standard InChI is InChI=1S/C12H13N3O3/c13-5-11-14-12(15-18-11)9-3-1-2-4-10(9)17-8-6-16-7-8/h1-4,8H,5-7,13H2. The summed E-state index contributed by atoms with van der Waals surface area (Å²) >= 11 is 0. The van der Waals surface area contributed by atoms with E-state index in [0.29, 0.717) is 24.9 Å². The molecule has 1 aromatic carbocycles. The van der Waals surface area contributed by atoms with Crippen LogP contribution < -0.4 is 10.5 Å². The third kappa shape index (κ3) is 2.07. The van der Waals surface area contributed by atoms with E-state index in [9.17, 15) is 0 Å². The quantitative estimate of drug-likeness (QED) is 0.866. The van der Waals surface area contributed by atoms with Gasteiger partial charge in [0, 0.05) is 0 Å². The van der Waals surface area contributed by atoms with Gasteiger partial charge >= 0.3 is 0 Å². The number of para-hydroxylation sites is 1. The lowest BCUT2D eigenvalue weighted by molar-refractivity contribution is -0.0794. The highest BCUT2D eigenvalue weighted by molar-refractivity contribution is 5.63. The van der Waals surface area contributed by atoms with Gasteiger partial charge in [-0.15, -0.1) is 0 Å². The second-order valence-corrected chi connectivity index (χ2v) is 3.99. The summed E-state index contributed by atoms with van der Waals surface area (Å²) in [4.78, 5) is 4.20. The second-order valence-electron chi connectivity index (χ2n) is 3.99. The first-order valence-electron chi connectivity index (χ1n) is 5.73. The Labute approximate surface area is 104 Å². The lowest BCUT2D eigenvalue weighted by Gasteiger charge is -2.27. The van der Waals surface area contributed by atoms with Crippen LogP contribution in [0.2, 0.25) is 0 Å². The van der Waals surface area contributed by atoms with Crippen molar-refractivity contribution in [3.63, 3.8) is 0 Å². The van der Waals surface area contributed by atoms with Crippen LogP contribution in [0.1, 0.15) is 5.89 Å². The van der Waals surface area contributed by atoms with Crippen LogP contribution in [0.25, 0.3) is 11.4 Å². The van der Waals surface area contributed by atoms with Crippen LogP contribution >= 0.6 is 0 Å². The zero-order valence-electron chi connectivity index (χ0n) is 9.70. The summed E-state index contributed by atoms with van der Waals surface area (Å²) in [5.41, 5.74) is 6.25. The van der Waals surface area contributed by atoms with E-state index in [1.54, 1.807) is 0 Å². The van der Waals surface area contributed by atoms with Crippen molar-refractivity contribution in [3.8, 4) is 17.1 Å². The molecule has 1 saturated heterocycles. The van der Waals surface area contributed by atoms with E-state index in [1.807, 2.05) is 24.3 Å². The lowest BCUT2D eigenvalue weighted by atomic mass is 10.2. The number of hydrogen-bond donors (Lipinski definition) is 1. The van der Waals surface area contributed by atoms with Crippen molar-refractivity contribution in [1.29, 1.82) is 0 Å². The molecule has 0 bridgehead atoms. The molecule has 1 aliphatic rings. The fourth-order valence-electron chi connectivity index (χ4n) is 1.66. The number of aromatic nitrogens is 2. The first-order valence-corrected chi connectivity index (χ1v) is 5.73. The van der Waals surface area contributed by atoms with E-state index >= 15 is 0 Å². The summed E-state index contributed by atoms with van der Waals surface area (Å²) in [6, 6.07) is 7.58. The summed E-state index contributed by atoms with van der Waals surface area (Å²) < 4.78 is 15.9. The Bertz CT molecular complexity index is 537. The molecule has 0 aliphatic carbocycles. The molecule has 6 heteroatoms. The highest BCUT2D eigenvalue weighted by Crippen LogP contribution is 2.29. The van der Waals surface area contributed by atoms with E-state index in [-0.39, 0.29) is 12.6 Å². The number of hydrogen-bond acceptors (Lipinski definition) is 6. The number of rotatable bonds is 4. The van der Waals surface area contributed by atoms with Gasteiger partial charge in [-0.25, -0.2) is 0 Å². The average Bonchev–Trinajstić information content (AvgIpc) is 2.83. The fourth-order valence-corrected chi connectivity index (χ4v) is 1.66. The van der Waals surface area contributed by atoms with Crippen molar-refractivity contribution in [1.82, 2.24) is 10.1 Å². The third-order valence-electron chi connectivity index (χ3n) is 2.67. The van der Waals surface area contributed by atoms with Crippen LogP contribution in [0.3, 0.4) is 0 Å². The molecule has 2 aromatic rings. The van der Waals surface area contributed by atoms with E-state index in [4.69, 9.17) is 19.7 Å². The first kappa shape index (κ1) is 11.2. The summed E-state index contributed by atoms with van der Waals surface area (Å²) in [5.74, 6) is 1.63. The highest BCUT2D eigenvalue weighted by atomic mass is 16.6. The maximum atomic E-state index is 5.80. The van der Waals surface area contributed by atoms with Crippen molar-refractivity contribution < 1.29 is 14.0 Å². The summed E-state index contributed by atoms with van der Waals surface area (Å²) in [5, 5.41) is 3.89. The van der Waals surface area contributed by atoms with Gasteiger partial charge in [0.25, 0.3) is 0 Å². The van der Waals surface area contributed by atoms with Crippen molar-refractivity contribution in [3.05, 3.63) is 30.2 Å². The minimum atomic E-state index is 0.104. The molecule has 6 nitrogen and oxygen atoms in total. The van der Waals surface area contributed by atoms with Crippen molar-refractivity contribution >= 4 is 0 Å². The molecule has 0 radical (unpaired) electrons. The Kier molecular flexibility index (Phi) is 2.95. The van der Waals surface area contributed by atoms with Crippen LogP contribution in [-0.4, -0.2) is 29.5 Å². The number of benzene rings is 1. The zero-order chi connectivity index (χ0) is 12.4. The predicted octanol–water partition coefficient (Wildman–Crippen LogP) is 0.973. The smallest absolute Gasteiger partial charge is 0.240 e. The van der Waals surface area contributed by atoms with Crippen LogP contribution in [-0.2, 0) is 11.3 Å². The molecule has 0 atom stereocenters. The Morgan fingerprint density at radius 3 is 2.83 bits per heavy atom. The van der Waals surface area contributed by atoms with Crippen molar-refractivity contribution in [2.24, 2.45) is 5.73 Å². The molecule has 2 N–H and O–H groups in total. The molecule has 94 valence electrons. The average molecular weight is 247 g/mol. The SMILES string of the molecule is NCc1nc(-c2ccccc2OC2COC2)no1. The maximum absolute atomic E-state index is 5.80. The van der Waals surface area contributed by atoms with Gasteiger partial charge in [-0.1, -0.05) is 17.3 Å². The predicted molar refractivity (Wildman–Crippen MR) is 62.9 cm³/mol. The monoisotopic (exact) mass is 247 g/mol. The maximum Gasteiger partial charge on any atom is 0.240 e. The molecule has 18 heavy (non-hydrogen) atoms.